The molecule has 0 saturated carbocycles. The van der Waals surface area contributed by atoms with Crippen LogP contribution in [0.25, 0.3) is 11.4 Å². The number of para-hydroxylation sites is 2. The van der Waals surface area contributed by atoms with Gasteiger partial charge in [0.05, 0.1) is 24.8 Å². The Kier molecular flexibility index (Phi) is 6.78. The molecule has 1 aromatic heterocycles. The number of carbonyl (C=O) groups is 1. The molecule has 0 spiro atoms. The number of halogens is 2. The van der Waals surface area contributed by atoms with Gasteiger partial charge in [-0.15, -0.1) is 5.10 Å². The zero-order valence-electron chi connectivity index (χ0n) is 20.3. The van der Waals surface area contributed by atoms with Gasteiger partial charge < -0.3 is 20.1 Å². The largest absolute Gasteiger partial charge is 0.493 e. The van der Waals surface area contributed by atoms with Crippen molar-refractivity contribution >= 4 is 40.7 Å². The summed E-state index contributed by atoms with van der Waals surface area (Å²) in [5.74, 6) is 1.56. The number of methoxy groups -OCH3 is 2. The van der Waals surface area contributed by atoms with Crippen molar-refractivity contribution in [3.05, 3.63) is 93.6 Å². The molecule has 1 aliphatic heterocycles. The summed E-state index contributed by atoms with van der Waals surface area (Å²) in [6.07, 6.45) is 0. The highest BCUT2D eigenvalue weighted by atomic mass is 35.5. The fourth-order valence-electron chi connectivity index (χ4n) is 4.36. The highest BCUT2D eigenvalue weighted by Gasteiger charge is 2.37. The second kappa shape index (κ2) is 10.2. The van der Waals surface area contributed by atoms with Crippen LogP contribution in [-0.2, 0) is 4.79 Å². The Labute approximate surface area is 223 Å². The first kappa shape index (κ1) is 24.7. The number of nitrogens with zero attached hydrogens (tertiary/aromatic N) is 3. The van der Waals surface area contributed by atoms with Crippen molar-refractivity contribution in [2.75, 3.05) is 24.9 Å². The van der Waals surface area contributed by atoms with E-state index in [0.717, 1.165) is 0 Å². The number of aromatic nitrogens is 3. The van der Waals surface area contributed by atoms with E-state index in [9.17, 15) is 4.79 Å². The van der Waals surface area contributed by atoms with E-state index in [1.165, 1.54) is 0 Å². The minimum atomic E-state index is -0.683. The molecule has 5 rings (SSSR count). The van der Waals surface area contributed by atoms with Gasteiger partial charge in [0.15, 0.2) is 17.3 Å². The number of carbonyl (C=O) groups excluding carboxylic acids is 1. The standard InChI is InChI=1S/C27H23Cl2N5O3/c1-15-22(26(35)31-17-8-5-4-6-9-17)23(19-10-7-11-21(36-2)24(19)37-3)34-27(30-15)32-25(33-34)18-13-12-16(28)14-20(18)29/h4-14,23H,1-3H3,(H,31,35)(H,30,32,33). The molecule has 1 amide bonds. The maximum atomic E-state index is 13.7. The van der Waals surface area contributed by atoms with E-state index < -0.39 is 6.04 Å². The third kappa shape index (κ3) is 4.61. The molecule has 37 heavy (non-hydrogen) atoms. The summed E-state index contributed by atoms with van der Waals surface area (Å²) in [5.41, 5.74) is 3.03. The molecule has 1 aliphatic rings. The summed E-state index contributed by atoms with van der Waals surface area (Å²) in [6, 6.07) is 19.2. The number of hydrogen-bond donors (Lipinski definition) is 2. The number of ether oxygens (including phenoxy) is 2. The van der Waals surface area contributed by atoms with Crippen LogP contribution in [0.3, 0.4) is 0 Å². The molecule has 0 fully saturated rings. The maximum absolute atomic E-state index is 13.7. The molecular weight excluding hydrogens is 513 g/mol. The fourth-order valence-corrected chi connectivity index (χ4v) is 4.86. The van der Waals surface area contributed by atoms with Crippen molar-refractivity contribution < 1.29 is 14.3 Å². The summed E-state index contributed by atoms with van der Waals surface area (Å²) in [7, 11) is 3.12. The van der Waals surface area contributed by atoms with Gasteiger partial charge in [-0.3, -0.25) is 4.79 Å². The summed E-state index contributed by atoms with van der Waals surface area (Å²) >= 11 is 12.6. The van der Waals surface area contributed by atoms with Crippen molar-refractivity contribution in [3.63, 3.8) is 0 Å². The second-order valence-corrected chi connectivity index (χ2v) is 9.14. The van der Waals surface area contributed by atoms with Crippen LogP contribution in [0.2, 0.25) is 10.0 Å². The zero-order valence-corrected chi connectivity index (χ0v) is 21.8. The molecule has 4 aromatic rings. The molecule has 8 nitrogen and oxygen atoms in total. The van der Waals surface area contributed by atoms with E-state index >= 15 is 0 Å². The van der Waals surface area contributed by atoms with Gasteiger partial charge in [-0.25, -0.2) is 4.68 Å². The van der Waals surface area contributed by atoms with E-state index in [0.29, 0.717) is 61.4 Å². The Morgan fingerprint density at radius 1 is 1.03 bits per heavy atom. The van der Waals surface area contributed by atoms with E-state index in [-0.39, 0.29) is 5.91 Å². The van der Waals surface area contributed by atoms with E-state index in [1.807, 2.05) is 49.4 Å². The topological polar surface area (TPSA) is 90.3 Å². The average Bonchev–Trinajstić information content (AvgIpc) is 3.30. The van der Waals surface area contributed by atoms with Gasteiger partial charge in [0, 0.05) is 27.5 Å². The number of rotatable bonds is 6. The molecule has 10 heteroatoms. The van der Waals surface area contributed by atoms with Crippen molar-refractivity contribution in [1.82, 2.24) is 14.8 Å². The van der Waals surface area contributed by atoms with Crippen LogP contribution in [0.4, 0.5) is 11.6 Å². The second-order valence-electron chi connectivity index (χ2n) is 8.30. The number of anilines is 2. The Morgan fingerprint density at radius 2 is 1.81 bits per heavy atom. The predicted molar refractivity (Wildman–Crippen MR) is 145 cm³/mol. The van der Waals surface area contributed by atoms with Crippen LogP contribution in [0.1, 0.15) is 18.5 Å². The highest BCUT2D eigenvalue weighted by Crippen LogP contribution is 2.43. The third-order valence-corrected chi connectivity index (χ3v) is 6.58. The van der Waals surface area contributed by atoms with Gasteiger partial charge in [-0.1, -0.05) is 53.5 Å². The molecular formula is C27H23Cl2N5O3. The number of allylic oxidation sites excluding steroid dienone is 1. The molecule has 1 unspecified atom stereocenters. The van der Waals surface area contributed by atoms with Gasteiger partial charge in [0.1, 0.15) is 6.04 Å². The lowest BCUT2D eigenvalue weighted by Crippen LogP contribution is -2.31. The van der Waals surface area contributed by atoms with Crippen LogP contribution in [0.5, 0.6) is 11.5 Å². The third-order valence-electron chi connectivity index (χ3n) is 6.03. The lowest BCUT2D eigenvalue weighted by Gasteiger charge is -2.30. The zero-order chi connectivity index (χ0) is 26.1. The minimum absolute atomic E-state index is 0.293. The molecule has 0 aliphatic carbocycles. The maximum Gasteiger partial charge on any atom is 0.255 e. The van der Waals surface area contributed by atoms with Gasteiger partial charge in [0.25, 0.3) is 5.91 Å². The monoisotopic (exact) mass is 535 g/mol. The van der Waals surface area contributed by atoms with Crippen molar-refractivity contribution in [2.45, 2.75) is 13.0 Å². The molecule has 2 heterocycles. The van der Waals surface area contributed by atoms with Gasteiger partial charge in [-0.05, 0) is 43.3 Å². The lowest BCUT2D eigenvalue weighted by molar-refractivity contribution is -0.113. The number of fused-ring (bicyclic) bond motifs is 1. The molecule has 1 atom stereocenters. The number of benzene rings is 3. The average molecular weight is 536 g/mol. The lowest BCUT2D eigenvalue weighted by atomic mass is 9.94. The first-order chi connectivity index (χ1) is 17.9. The Balaban J connectivity index is 1.68. The molecule has 2 N–H and O–H groups in total. The van der Waals surface area contributed by atoms with Crippen LogP contribution in [0, 0.1) is 0 Å². The van der Waals surface area contributed by atoms with Crippen molar-refractivity contribution in [1.29, 1.82) is 0 Å². The van der Waals surface area contributed by atoms with E-state index in [1.54, 1.807) is 43.2 Å². The summed E-state index contributed by atoms with van der Waals surface area (Å²) < 4.78 is 12.9. The first-order valence-corrected chi connectivity index (χ1v) is 12.1. The number of nitrogens with one attached hydrogen (secondary N) is 2. The molecule has 0 saturated heterocycles. The SMILES string of the molecule is COc1cccc(C2C(C(=O)Nc3ccccc3)=C(C)Nc3nc(-c4ccc(Cl)cc4Cl)nn32)c1OC. The van der Waals surface area contributed by atoms with Gasteiger partial charge in [0.2, 0.25) is 5.95 Å². The Hall–Kier alpha value is -4.01. The fraction of sp³-hybridized carbons (Fsp3) is 0.148. The summed E-state index contributed by atoms with van der Waals surface area (Å²) in [4.78, 5) is 18.4. The Morgan fingerprint density at radius 3 is 2.51 bits per heavy atom. The smallest absolute Gasteiger partial charge is 0.255 e. The Bertz CT molecular complexity index is 1520. The van der Waals surface area contributed by atoms with Crippen LogP contribution >= 0.6 is 23.2 Å². The first-order valence-electron chi connectivity index (χ1n) is 11.4. The van der Waals surface area contributed by atoms with E-state index in [4.69, 9.17) is 37.8 Å². The van der Waals surface area contributed by atoms with Crippen molar-refractivity contribution in [2.24, 2.45) is 0 Å². The normalized spacial score (nSPS) is 14.6. The van der Waals surface area contributed by atoms with Crippen molar-refractivity contribution in [3.8, 4) is 22.9 Å². The molecule has 0 radical (unpaired) electrons. The summed E-state index contributed by atoms with van der Waals surface area (Å²) in [6.45, 7) is 1.83. The van der Waals surface area contributed by atoms with Crippen LogP contribution in [0.15, 0.2) is 78.0 Å². The quantitative estimate of drug-likeness (QED) is 0.305. The van der Waals surface area contributed by atoms with Crippen LogP contribution < -0.4 is 20.1 Å². The van der Waals surface area contributed by atoms with Gasteiger partial charge >= 0.3 is 0 Å². The minimum Gasteiger partial charge on any atom is -0.493 e. The van der Waals surface area contributed by atoms with Gasteiger partial charge in [-0.2, -0.15) is 4.98 Å². The summed E-state index contributed by atoms with van der Waals surface area (Å²) in [5, 5.41) is 11.9. The number of hydrogen-bond acceptors (Lipinski definition) is 6. The molecule has 3 aromatic carbocycles. The number of amides is 1. The molecule has 0 bridgehead atoms. The van der Waals surface area contributed by atoms with Crippen LogP contribution in [-0.4, -0.2) is 34.9 Å². The highest BCUT2D eigenvalue weighted by molar-refractivity contribution is 6.36. The predicted octanol–water partition coefficient (Wildman–Crippen LogP) is 6.20. The van der Waals surface area contributed by atoms with E-state index in [2.05, 4.69) is 15.6 Å². The molecule has 188 valence electrons.